The second-order valence-corrected chi connectivity index (χ2v) is 6.73. The van der Waals surface area contributed by atoms with Crippen LogP contribution in [0.4, 0.5) is 23.1 Å². The average molecular weight is 401 g/mol. The first-order valence-electron chi connectivity index (χ1n) is 8.74. The maximum absolute atomic E-state index is 8.89. The summed E-state index contributed by atoms with van der Waals surface area (Å²) >= 11 is 6.29. The maximum atomic E-state index is 8.89. The molecule has 0 saturated heterocycles. The van der Waals surface area contributed by atoms with Crippen molar-refractivity contribution in [2.75, 3.05) is 10.6 Å². The monoisotopic (exact) mass is 400 g/mol. The van der Waals surface area contributed by atoms with Crippen LogP contribution in [0.2, 0.25) is 5.02 Å². The van der Waals surface area contributed by atoms with Gasteiger partial charge >= 0.3 is 0 Å². The molecular weight excluding hydrogens is 384 g/mol. The highest BCUT2D eigenvalue weighted by molar-refractivity contribution is 6.32. The van der Waals surface area contributed by atoms with Gasteiger partial charge in [-0.2, -0.15) is 15.5 Å². The van der Waals surface area contributed by atoms with Crippen LogP contribution >= 0.6 is 11.6 Å². The maximum Gasteiger partial charge on any atom is 0.229 e. The van der Waals surface area contributed by atoms with E-state index in [0.29, 0.717) is 22.4 Å². The Bertz CT molecular complexity index is 1130. The fraction of sp³-hybridized carbons (Fsp3) is 0.0909. The first-order chi connectivity index (χ1) is 14.0. The van der Waals surface area contributed by atoms with Gasteiger partial charge in [0.05, 0.1) is 23.9 Å². The molecule has 1 heterocycles. The number of aromatic nitrogens is 2. The Balaban J connectivity index is 1.86. The first-order valence-corrected chi connectivity index (χ1v) is 9.12. The van der Waals surface area contributed by atoms with Gasteiger partial charge in [-0.25, -0.2) is 4.98 Å². The molecule has 1 aromatic heterocycles. The largest absolute Gasteiger partial charge is 0.338 e. The molecule has 2 N–H and O–H groups in total. The second-order valence-electron chi connectivity index (χ2n) is 6.32. The Hall–Kier alpha value is -3.87. The zero-order chi connectivity index (χ0) is 20.8. The topological polar surface area (TPSA) is 97.4 Å². The minimum Gasteiger partial charge on any atom is -0.338 e. The number of hydrogen-bond acceptors (Lipinski definition) is 6. The lowest BCUT2D eigenvalue weighted by atomic mass is 10.0. The molecular formula is C22H17ClN6. The van der Waals surface area contributed by atoms with Gasteiger partial charge in [0.25, 0.3) is 0 Å². The van der Waals surface area contributed by atoms with Gasteiger partial charge in [-0.3, -0.25) is 0 Å². The molecule has 0 radical (unpaired) electrons. The van der Waals surface area contributed by atoms with Gasteiger partial charge in [-0.15, -0.1) is 0 Å². The summed E-state index contributed by atoms with van der Waals surface area (Å²) in [4.78, 5) is 8.68. The molecule has 3 aromatic rings. The molecule has 0 atom stereocenters. The molecule has 6 nitrogen and oxygen atoms in total. The Kier molecular flexibility index (Phi) is 6.09. The molecule has 0 unspecified atom stereocenters. The van der Waals surface area contributed by atoms with Crippen LogP contribution in [0.5, 0.6) is 0 Å². The van der Waals surface area contributed by atoms with Crippen LogP contribution in [0.15, 0.2) is 48.7 Å². The third kappa shape index (κ3) is 4.90. The summed E-state index contributed by atoms with van der Waals surface area (Å²) in [5.41, 5.74) is 5.18. The predicted molar refractivity (Wildman–Crippen MR) is 115 cm³/mol. The van der Waals surface area contributed by atoms with Gasteiger partial charge in [0, 0.05) is 17.5 Å². The van der Waals surface area contributed by atoms with Gasteiger partial charge in [0.1, 0.15) is 5.02 Å². The summed E-state index contributed by atoms with van der Waals surface area (Å²) in [6, 6.07) is 15.0. The van der Waals surface area contributed by atoms with E-state index in [1.54, 1.807) is 30.3 Å². The highest BCUT2D eigenvalue weighted by Gasteiger charge is 2.10. The highest BCUT2D eigenvalue weighted by Crippen LogP contribution is 2.30. The molecule has 142 valence electrons. The SMILES string of the molecule is Cc1cc(/C=C/C#N)cc(C)c1Nc1nc(Nc2ccc(C#N)cc2)ncc1Cl. The lowest BCUT2D eigenvalue weighted by Crippen LogP contribution is -2.03. The molecule has 2 aromatic carbocycles. The van der Waals surface area contributed by atoms with Crippen LogP contribution in [0.25, 0.3) is 6.08 Å². The van der Waals surface area contributed by atoms with Crippen LogP contribution in [-0.4, -0.2) is 9.97 Å². The van der Waals surface area contributed by atoms with Crippen LogP contribution in [-0.2, 0) is 0 Å². The zero-order valence-electron chi connectivity index (χ0n) is 15.9. The molecule has 0 aliphatic carbocycles. The van der Waals surface area contributed by atoms with E-state index in [1.165, 1.54) is 12.3 Å². The van der Waals surface area contributed by atoms with Crippen molar-refractivity contribution in [3.8, 4) is 12.1 Å². The van der Waals surface area contributed by atoms with E-state index in [-0.39, 0.29) is 0 Å². The standard InChI is InChI=1S/C22H17ClN6/c1-14-10-17(4-3-9-24)11-15(2)20(14)28-21-19(23)13-26-22(29-21)27-18-7-5-16(12-25)6-8-18/h3-8,10-11,13H,1-2H3,(H2,26,27,28,29)/b4-3+. The Morgan fingerprint density at radius 3 is 2.34 bits per heavy atom. The Morgan fingerprint density at radius 2 is 1.72 bits per heavy atom. The number of benzene rings is 2. The number of nitrogens with one attached hydrogen (secondary N) is 2. The van der Waals surface area contributed by atoms with E-state index in [0.717, 1.165) is 28.1 Å². The van der Waals surface area contributed by atoms with Crippen molar-refractivity contribution in [1.82, 2.24) is 9.97 Å². The summed E-state index contributed by atoms with van der Waals surface area (Å²) in [7, 11) is 0. The number of aryl methyl sites for hydroxylation is 2. The molecule has 0 amide bonds. The zero-order valence-corrected chi connectivity index (χ0v) is 16.6. The van der Waals surface area contributed by atoms with Crippen LogP contribution in [0, 0.1) is 36.5 Å². The van der Waals surface area contributed by atoms with Crippen molar-refractivity contribution in [3.63, 3.8) is 0 Å². The van der Waals surface area contributed by atoms with Gasteiger partial charge < -0.3 is 10.6 Å². The summed E-state index contributed by atoms with van der Waals surface area (Å²) in [6.45, 7) is 3.95. The number of anilines is 4. The van der Waals surface area contributed by atoms with Gasteiger partial charge in [-0.1, -0.05) is 11.6 Å². The van der Waals surface area contributed by atoms with Crippen LogP contribution in [0.1, 0.15) is 22.3 Å². The molecule has 3 rings (SSSR count). The number of allylic oxidation sites excluding steroid dienone is 1. The van der Waals surface area contributed by atoms with Crippen molar-refractivity contribution in [1.29, 1.82) is 10.5 Å². The first kappa shape index (κ1) is 19.9. The minimum atomic E-state index is 0.380. The number of nitriles is 2. The van der Waals surface area contributed by atoms with Gasteiger partial charge in [0.15, 0.2) is 5.82 Å². The number of rotatable bonds is 5. The minimum absolute atomic E-state index is 0.380. The number of nitrogens with zero attached hydrogens (tertiary/aromatic N) is 4. The Labute approximate surface area is 174 Å². The molecule has 0 aliphatic rings. The second kappa shape index (κ2) is 8.88. The lowest BCUT2D eigenvalue weighted by Gasteiger charge is -2.15. The average Bonchev–Trinajstić information content (AvgIpc) is 2.72. The smallest absolute Gasteiger partial charge is 0.229 e. The summed E-state index contributed by atoms with van der Waals surface area (Å²) in [5, 5.41) is 24.4. The normalized spacial score (nSPS) is 10.4. The summed E-state index contributed by atoms with van der Waals surface area (Å²) < 4.78 is 0. The van der Waals surface area contributed by atoms with Crippen LogP contribution < -0.4 is 10.6 Å². The van der Waals surface area contributed by atoms with Crippen molar-refractivity contribution in [3.05, 3.63) is 75.9 Å². The Morgan fingerprint density at radius 1 is 1.03 bits per heavy atom. The van der Waals surface area contributed by atoms with Crippen molar-refractivity contribution in [2.24, 2.45) is 0 Å². The van der Waals surface area contributed by atoms with E-state index < -0.39 is 0 Å². The number of halogens is 1. The molecule has 0 fully saturated rings. The molecule has 0 saturated carbocycles. The van der Waals surface area contributed by atoms with E-state index in [4.69, 9.17) is 22.1 Å². The molecule has 7 heteroatoms. The predicted octanol–water partition coefficient (Wildman–Crippen LogP) is 5.64. The van der Waals surface area contributed by atoms with E-state index >= 15 is 0 Å². The fourth-order valence-electron chi connectivity index (χ4n) is 2.81. The summed E-state index contributed by atoms with van der Waals surface area (Å²) in [5.74, 6) is 0.856. The highest BCUT2D eigenvalue weighted by atomic mass is 35.5. The fourth-order valence-corrected chi connectivity index (χ4v) is 2.95. The van der Waals surface area contributed by atoms with Gasteiger partial charge in [0.2, 0.25) is 5.95 Å². The number of hydrogen-bond donors (Lipinski definition) is 2. The van der Waals surface area contributed by atoms with E-state index in [2.05, 4.69) is 26.7 Å². The lowest BCUT2D eigenvalue weighted by molar-refractivity contribution is 1.16. The van der Waals surface area contributed by atoms with Crippen molar-refractivity contribution < 1.29 is 0 Å². The van der Waals surface area contributed by atoms with E-state index in [9.17, 15) is 0 Å². The molecule has 29 heavy (non-hydrogen) atoms. The quantitative estimate of drug-likeness (QED) is 0.537. The van der Waals surface area contributed by atoms with Gasteiger partial charge in [-0.05, 0) is 73.0 Å². The third-order valence-electron chi connectivity index (χ3n) is 4.16. The van der Waals surface area contributed by atoms with Crippen molar-refractivity contribution >= 4 is 40.8 Å². The molecule has 0 bridgehead atoms. The molecule has 0 spiro atoms. The molecule has 0 aliphatic heterocycles. The van der Waals surface area contributed by atoms with E-state index in [1.807, 2.05) is 32.0 Å². The summed E-state index contributed by atoms with van der Waals surface area (Å²) in [6.07, 6.45) is 4.74. The third-order valence-corrected chi connectivity index (χ3v) is 4.44. The van der Waals surface area contributed by atoms with Crippen LogP contribution in [0.3, 0.4) is 0 Å². The van der Waals surface area contributed by atoms with Crippen molar-refractivity contribution in [2.45, 2.75) is 13.8 Å².